The maximum absolute atomic E-state index is 6.07. The molecule has 1 aliphatic rings. The van der Waals surface area contributed by atoms with E-state index in [2.05, 4.69) is 41.7 Å². The number of nitrogens with zero attached hydrogens (tertiary/aromatic N) is 8. The van der Waals surface area contributed by atoms with Gasteiger partial charge in [0.2, 0.25) is 5.95 Å². The van der Waals surface area contributed by atoms with Gasteiger partial charge in [-0.1, -0.05) is 0 Å². The molecule has 0 unspecified atom stereocenters. The van der Waals surface area contributed by atoms with Crippen LogP contribution >= 0.6 is 0 Å². The molecule has 24 heavy (non-hydrogen) atoms. The number of fused-ring (bicyclic) bond motifs is 2. The molecule has 0 aromatic carbocycles. The molecule has 0 fully saturated rings. The van der Waals surface area contributed by atoms with Crippen molar-refractivity contribution in [1.29, 1.82) is 0 Å². The third kappa shape index (κ3) is 2.18. The summed E-state index contributed by atoms with van der Waals surface area (Å²) in [5.74, 6) is 2.72. The van der Waals surface area contributed by atoms with Gasteiger partial charge in [-0.3, -0.25) is 4.68 Å². The molecule has 0 amide bonds. The van der Waals surface area contributed by atoms with Crippen LogP contribution in [0.15, 0.2) is 6.20 Å². The van der Waals surface area contributed by atoms with Crippen molar-refractivity contribution >= 4 is 22.8 Å². The van der Waals surface area contributed by atoms with E-state index >= 15 is 0 Å². The van der Waals surface area contributed by atoms with E-state index in [4.69, 9.17) is 10.5 Å². The van der Waals surface area contributed by atoms with E-state index in [1.54, 1.807) is 18.0 Å². The smallest absolute Gasteiger partial charge is 0.229 e. The van der Waals surface area contributed by atoms with E-state index in [-0.39, 0.29) is 6.04 Å². The average Bonchev–Trinajstić information content (AvgIpc) is 3.13. The lowest BCUT2D eigenvalue weighted by Gasteiger charge is -2.32. The molecular formula is C14H19N9O. The average molecular weight is 329 g/mol. The van der Waals surface area contributed by atoms with Crippen molar-refractivity contribution in [2.75, 3.05) is 24.3 Å². The number of ether oxygens (including phenoxy) is 1. The fraction of sp³-hybridized carbons (Fsp3) is 0.500. The highest BCUT2D eigenvalue weighted by Crippen LogP contribution is 2.27. The lowest BCUT2D eigenvalue weighted by molar-refractivity contribution is 0.171. The molecule has 4 rings (SSSR count). The van der Waals surface area contributed by atoms with Gasteiger partial charge in [0.05, 0.1) is 24.2 Å². The molecule has 1 atom stereocenters. The Balaban J connectivity index is 1.72. The maximum atomic E-state index is 6.07. The van der Waals surface area contributed by atoms with Gasteiger partial charge in [0.25, 0.3) is 0 Å². The SMILES string of the molecule is COCc1nnc2n1[C@@H](C)CN(c1nc(N)c3cnn(C)c3n1)C2. The molecule has 2 N–H and O–H groups in total. The first-order valence-electron chi connectivity index (χ1n) is 7.70. The predicted octanol–water partition coefficient (Wildman–Crippen LogP) is 0.265. The number of anilines is 2. The molecule has 0 radical (unpaired) electrons. The predicted molar refractivity (Wildman–Crippen MR) is 87.2 cm³/mol. The number of aryl methyl sites for hydroxylation is 1. The molecule has 10 nitrogen and oxygen atoms in total. The summed E-state index contributed by atoms with van der Waals surface area (Å²) in [6.07, 6.45) is 1.68. The van der Waals surface area contributed by atoms with Crippen molar-refractivity contribution < 1.29 is 4.74 Å². The van der Waals surface area contributed by atoms with Crippen molar-refractivity contribution in [1.82, 2.24) is 34.5 Å². The van der Waals surface area contributed by atoms with Gasteiger partial charge in [0, 0.05) is 20.7 Å². The van der Waals surface area contributed by atoms with Gasteiger partial charge in [-0.2, -0.15) is 15.1 Å². The van der Waals surface area contributed by atoms with Crippen molar-refractivity contribution in [2.45, 2.75) is 26.1 Å². The highest BCUT2D eigenvalue weighted by Gasteiger charge is 2.28. The molecule has 0 bridgehead atoms. The Morgan fingerprint density at radius 3 is 2.96 bits per heavy atom. The Morgan fingerprint density at radius 2 is 2.17 bits per heavy atom. The van der Waals surface area contributed by atoms with Crippen LogP contribution in [-0.4, -0.2) is 48.2 Å². The van der Waals surface area contributed by atoms with Crippen LogP contribution in [0.25, 0.3) is 11.0 Å². The molecule has 126 valence electrons. The number of rotatable bonds is 3. The highest BCUT2D eigenvalue weighted by atomic mass is 16.5. The first-order valence-corrected chi connectivity index (χ1v) is 7.70. The van der Waals surface area contributed by atoms with E-state index in [1.807, 2.05) is 7.05 Å². The number of hydrogen-bond acceptors (Lipinski definition) is 8. The van der Waals surface area contributed by atoms with Crippen LogP contribution in [0.1, 0.15) is 24.6 Å². The Hall–Kier alpha value is -2.75. The Bertz CT molecular complexity index is 899. The largest absolute Gasteiger partial charge is 0.383 e. The van der Waals surface area contributed by atoms with Gasteiger partial charge in [0.15, 0.2) is 17.3 Å². The number of methoxy groups -OCH3 is 1. The molecule has 0 saturated carbocycles. The van der Waals surface area contributed by atoms with Crippen molar-refractivity contribution in [3.05, 3.63) is 17.8 Å². The molecular weight excluding hydrogens is 310 g/mol. The molecule has 10 heteroatoms. The minimum absolute atomic E-state index is 0.181. The van der Waals surface area contributed by atoms with E-state index in [0.29, 0.717) is 24.9 Å². The van der Waals surface area contributed by atoms with Crippen LogP contribution in [0.4, 0.5) is 11.8 Å². The quantitative estimate of drug-likeness (QED) is 0.728. The first kappa shape index (κ1) is 14.8. The lowest BCUT2D eigenvalue weighted by Crippen LogP contribution is -2.38. The van der Waals surface area contributed by atoms with Crippen LogP contribution in [0, 0.1) is 0 Å². The number of nitrogen functional groups attached to an aromatic ring is 1. The highest BCUT2D eigenvalue weighted by molar-refractivity contribution is 5.86. The standard InChI is InChI=1S/C14H19N9O/c1-8-5-22(6-10-19-20-11(7-24-3)23(8)10)14-17-12(15)9-4-16-21(2)13(9)18-14/h4,8H,5-7H2,1-3H3,(H2,15,17,18)/t8-/m0/s1. The summed E-state index contributed by atoms with van der Waals surface area (Å²) in [6, 6.07) is 0.181. The van der Waals surface area contributed by atoms with Gasteiger partial charge in [0.1, 0.15) is 12.4 Å². The molecule has 0 spiro atoms. The molecule has 0 aliphatic carbocycles. The van der Waals surface area contributed by atoms with Crippen molar-refractivity contribution in [3.63, 3.8) is 0 Å². The van der Waals surface area contributed by atoms with Crippen molar-refractivity contribution in [3.8, 4) is 0 Å². The van der Waals surface area contributed by atoms with E-state index in [1.165, 1.54) is 0 Å². The molecule has 1 aliphatic heterocycles. The van der Waals surface area contributed by atoms with Crippen LogP contribution in [0.2, 0.25) is 0 Å². The molecule has 4 heterocycles. The van der Waals surface area contributed by atoms with E-state index in [0.717, 1.165) is 29.2 Å². The van der Waals surface area contributed by atoms with Gasteiger partial charge in [-0.15, -0.1) is 10.2 Å². The summed E-state index contributed by atoms with van der Waals surface area (Å²) in [7, 11) is 3.49. The summed E-state index contributed by atoms with van der Waals surface area (Å²) in [5, 5.41) is 13.5. The van der Waals surface area contributed by atoms with E-state index < -0.39 is 0 Å². The van der Waals surface area contributed by atoms with Crippen LogP contribution in [0.3, 0.4) is 0 Å². The Kier molecular flexibility index (Phi) is 3.34. The van der Waals surface area contributed by atoms with Gasteiger partial charge < -0.3 is 19.9 Å². The van der Waals surface area contributed by atoms with Gasteiger partial charge >= 0.3 is 0 Å². The van der Waals surface area contributed by atoms with Crippen LogP contribution < -0.4 is 10.6 Å². The van der Waals surface area contributed by atoms with Gasteiger partial charge in [-0.05, 0) is 6.92 Å². The zero-order chi connectivity index (χ0) is 16.8. The van der Waals surface area contributed by atoms with Crippen LogP contribution in [-0.2, 0) is 24.9 Å². The fourth-order valence-electron chi connectivity index (χ4n) is 3.17. The minimum Gasteiger partial charge on any atom is -0.383 e. The third-order valence-electron chi connectivity index (χ3n) is 4.26. The molecule has 3 aromatic rings. The van der Waals surface area contributed by atoms with Gasteiger partial charge in [-0.25, -0.2) is 0 Å². The summed E-state index contributed by atoms with van der Waals surface area (Å²) < 4.78 is 9.01. The second-order valence-electron chi connectivity index (χ2n) is 5.98. The monoisotopic (exact) mass is 329 g/mol. The number of hydrogen-bond donors (Lipinski definition) is 1. The summed E-state index contributed by atoms with van der Waals surface area (Å²) >= 11 is 0. The first-order chi connectivity index (χ1) is 11.6. The lowest BCUT2D eigenvalue weighted by atomic mass is 10.2. The second-order valence-corrected chi connectivity index (χ2v) is 5.98. The molecule has 0 saturated heterocycles. The maximum Gasteiger partial charge on any atom is 0.229 e. The normalized spacial score (nSPS) is 17.5. The zero-order valence-electron chi connectivity index (χ0n) is 13.8. The Labute approximate surface area is 138 Å². The minimum atomic E-state index is 0.181. The summed E-state index contributed by atoms with van der Waals surface area (Å²) in [6.45, 7) is 3.88. The summed E-state index contributed by atoms with van der Waals surface area (Å²) in [4.78, 5) is 11.1. The summed E-state index contributed by atoms with van der Waals surface area (Å²) in [5.41, 5.74) is 6.79. The number of aromatic nitrogens is 7. The van der Waals surface area contributed by atoms with E-state index in [9.17, 15) is 0 Å². The Morgan fingerprint density at radius 1 is 1.33 bits per heavy atom. The topological polar surface area (TPSA) is 113 Å². The zero-order valence-corrected chi connectivity index (χ0v) is 13.8. The van der Waals surface area contributed by atoms with Crippen molar-refractivity contribution in [2.24, 2.45) is 7.05 Å². The fourth-order valence-corrected chi connectivity index (χ4v) is 3.17. The number of nitrogens with two attached hydrogens (primary N) is 1. The van der Waals surface area contributed by atoms with Crippen LogP contribution in [0.5, 0.6) is 0 Å². The molecule has 3 aromatic heterocycles. The second kappa shape index (κ2) is 5.41. The third-order valence-corrected chi connectivity index (χ3v) is 4.26.